The summed E-state index contributed by atoms with van der Waals surface area (Å²) >= 11 is 1.85. The average molecular weight is 259 g/mol. The van der Waals surface area contributed by atoms with Crippen LogP contribution < -0.4 is 5.32 Å². The van der Waals surface area contributed by atoms with Gasteiger partial charge in [0.15, 0.2) is 0 Å². The molecule has 0 spiro atoms. The normalized spacial score (nSPS) is 10.8. The quantitative estimate of drug-likeness (QED) is 0.846. The molecule has 0 fully saturated rings. The second kappa shape index (κ2) is 6.17. The molecular weight excluding hydrogens is 238 g/mol. The van der Waals surface area contributed by atoms with Crippen molar-refractivity contribution in [1.82, 2.24) is 5.32 Å². The van der Waals surface area contributed by atoms with E-state index in [9.17, 15) is 0 Å². The van der Waals surface area contributed by atoms with Crippen LogP contribution in [0, 0.1) is 0 Å². The minimum absolute atomic E-state index is 0.950. The lowest BCUT2D eigenvalue weighted by molar-refractivity contribution is 0.821. The number of hydrogen-bond donors (Lipinski definition) is 1. The Labute approximate surface area is 114 Å². The highest BCUT2D eigenvalue weighted by Crippen LogP contribution is 2.31. The molecule has 0 unspecified atom stereocenters. The highest BCUT2D eigenvalue weighted by Gasteiger charge is 2.07. The lowest BCUT2D eigenvalue weighted by Gasteiger charge is -2.08. The fraction of sp³-hybridized carbons (Fsp3) is 0.375. The third-order valence-corrected chi connectivity index (χ3v) is 4.28. The topological polar surface area (TPSA) is 12.0 Å². The fourth-order valence-corrected chi connectivity index (χ4v) is 3.16. The molecule has 0 bridgehead atoms. The van der Waals surface area contributed by atoms with E-state index in [1.54, 1.807) is 0 Å². The van der Waals surface area contributed by atoms with Crippen LogP contribution in [0.25, 0.3) is 10.4 Å². The van der Waals surface area contributed by atoms with E-state index in [1.165, 1.54) is 27.1 Å². The Balaban J connectivity index is 2.40. The third kappa shape index (κ3) is 2.82. The molecule has 1 aromatic heterocycles. The third-order valence-electron chi connectivity index (χ3n) is 3.26. The first-order valence-corrected chi connectivity index (χ1v) is 7.50. The monoisotopic (exact) mass is 259 g/mol. The Morgan fingerprint density at radius 2 is 1.89 bits per heavy atom. The van der Waals surface area contributed by atoms with Crippen LogP contribution in [0.2, 0.25) is 0 Å². The van der Waals surface area contributed by atoms with Gasteiger partial charge in [0.25, 0.3) is 0 Å². The Hall–Kier alpha value is -1.12. The van der Waals surface area contributed by atoms with Crippen LogP contribution in [-0.4, -0.2) is 7.05 Å². The highest BCUT2D eigenvalue weighted by molar-refractivity contribution is 7.13. The van der Waals surface area contributed by atoms with Crippen LogP contribution in [0.1, 0.15) is 30.5 Å². The van der Waals surface area contributed by atoms with Gasteiger partial charge in [-0.15, -0.1) is 11.3 Å². The van der Waals surface area contributed by atoms with Crippen molar-refractivity contribution in [3.63, 3.8) is 0 Å². The highest BCUT2D eigenvalue weighted by atomic mass is 32.1. The van der Waals surface area contributed by atoms with Crippen LogP contribution >= 0.6 is 11.3 Å². The summed E-state index contributed by atoms with van der Waals surface area (Å²) < 4.78 is 0. The van der Waals surface area contributed by atoms with Gasteiger partial charge in [0, 0.05) is 11.4 Å². The summed E-state index contributed by atoms with van der Waals surface area (Å²) in [6.07, 6.45) is 2.20. The SMILES string of the molecule is CCc1ccc(CC)c(-c2cc(CNC)cs2)c1. The maximum Gasteiger partial charge on any atom is 0.0348 e. The van der Waals surface area contributed by atoms with Gasteiger partial charge in [-0.1, -0.05) is 32.0 Å². The molecule has 1 N–H and O–H groups in total. The lowest BCUT2D eigenvalue weighted by atomic mass is 9.99. The van der Waals surface area contributed by atoms with Gasteiger partial charge >= 0.3 is 0 Å². The summed E-state index contributed by atoms with van der Waals surface area (Å²) in [4.78, 5) is 1.40. The number of hydrogen-bond acceptors (Lipinski definition) is 2. The van der Waals surface area contributed by atoms with Crippen LogP contribution in [0.15, 0.2) is 29.6 Å². The number of benzene rings is 1. The summed E-state index contributed by atoms with van der Waals surface area (Å²) in [7, 11) is 1.99. The van der Waals surface area contributed by atoms with Gasteiger partial charge in [0.05, 0.1) is 0 Å². The van der Waals surface area contributed by atoms with Crippen molar-refractivity contribution in [2.75, 3.05) is 7.05 Å². The van der Waals surface area contributed by atoms with Gasteiger partial charge in [-0.3, -0.25) is 0 Å². The molecule has 96 valence electrons. The molecule has 0 saturated heterocycles. The molecule has 0 atom stereocenters. The number of nitrogens with one attached hydrogen (secondary N) is 1. The van der Waals surface area contributed by atoms with Gasteiger partial charge < -0.3 is 5.32 Å². The summed E-state index contributed by atoms with van der Waals surface area (Å²) in [5.74, 6) is 0. The van der Waals surface area contributed by atoms with Crippen molar-refractivity contribution in [3.05, 3.63) is 46.3 Å². The van der Waals surface area contributed by atoms with E-state index >= 15 is 0 Å². The largest absolute Gasteiger partial charge is 0.316 e. The molecule has 1 nitrogen and oxygen atoms in total. The van der Waals surface area contributed by atoms with Crippen LogP contribution in [0.4, 0.5) is 0 Å². The molecule has 0 aliphatic rings. The van der Waals surface area contributed by atoms with E-state index in [0.29, 0.717) is 0 Å². The Morgan fingerprint density at radius 1 is 1.06 bits per heavy atom. The van der Waals surface area contributed by atoms with Crippen molar-refractivity contribution < 1.29 is 0 Å². The van der Waals surface area contributed by atoms with Gasteiger partial charge in [0.1, 0.15) is 0 Å². The van der Waals surface area contributed by atoms with E-state index in [2.05, 4.69) is 48.8 Å². The standard InChI is InChI=1S/C16H21NS/c1-4-12-6-7-14(5-2)15(8-12)16-9-13(10-17-3)11-18-16/h6-9,11,17H,4-5,10H2,1-3H3. The molecule has 0 saturated carbocycles. The van der Waals surface area contributed by atoms with Gasteiger partial charge in [0.2, 0.25) is 0 Å². The van der Waals surface area contributed by atoms with Crippen molar-refractivity contribution in [2.24, 2.45) is 0 Å². The molecule has 1 heterocycles. The summed E-state index contributed by atoms with van der Waals surface area (Å²) in [6, 6.07) is 9.21. The molecule has 0 aliphatic carbocycles. The minimum Gasteiger partial charge on any atom is -0.316 e. The number of rotatable bonds is 5. The van der Waals surface area contributed by atoms with E-state index in [-0.39, 0.29) is 0 Å². The molecule has 0 amide bonds. The summed E-state index contributed by atoms with van der Waals surface area (Å²) in [5, 5.41) is 5.46. The first-order chi connectivity index (χ1) is 8.78. The maximum absolute atomic E-state index is 3.21. The van der Waals surface area contributed by atoms with Crippen molar-refractivity contribution >= 4 is 11.3 Å². The molecule has 0 aliphatic heterocycles. The summed E-state index contributed by atoms with van der Waals surface area (Å²) in [5.41, 5.74) is 5.67. The lowest BCUT2D eigenvalue weighted by Crippen LogP contribution is -2.03. The zero-order chi connectivity index (χ0) is 13.0. The smallest absolute Gasteiger partial charge is 0.0348 e. The zero-order valence-electron chi connectivity index (χ0n) is 11.4. The van der Waals surface area contributed by atoms with Gasteiger partial charge in [-0.2, -0.15) is 0 Å². The van der Waals surface area contributed by atoms with Crippen LogP contribution in [0.3, 0.4) is 0 Å². The van der Waals surface area contributed by atoms with Crippen molar-refractivity contribution in [1.29, 1.82) is 0 Å². The van der Waals surface area contributed by atoms with Gasteiger partial charge in [-0.25, -0.2) is 0 Å². The van der Waals surface area contributed by atoms with Gasteiger partial charge in [-0.05, 0) is 53.6 Å². The summed E-state index contributed by atoms with van der Waals surface area (Å²) in [6.45, 7) is 5.39. The molecular formula is C16H21NS. The maximum atomic E-state index is 3.21. The van der Waals surface area contributed by atoms with Crippen molar-refractivity contribution in [3.8, 4) is 10.4 Å². The Morgan fingerprint density at radius 3 is 2.56 bits per heavy atom. The van der Waals surface area contributed by atoms with E-state index in [4.69, 9.17) is 0 Å². The van der Waals surface area contributed by atoms with Crippen LogP contribution in [0.5, 0.6) is 0 Å². The van der Waals surface area contributed by atoms with E-state index < -0.39 is 0 Å². The molecule has 18 heavy (non-hydrogen) atoms. The fourth-order valence-electron chi connectivity index (χ4n) is 2.19. The first kappa shape index (κ1) is 13.3. The number of aryl methyl sites for hydroxylation is 2. The predicted molar refractivity (Wildman–Crippen MR) is 81.3 cm³/mol. The van der Waals surface area contributed by atoms with Crippen molar-refractivity contribution in [2.45, 2.75) is 33.2 Å². The number of thiophene rings is 1. The zero-order valence-corrected chi connectivity index (χ0v) is 12.2. The minimum atomic E-state index is 0.950. The molecule has 1 aromatic carbocycles. The van der Waals surface area contributed by atoms with Crippen LogP contribution in [-0.2, 0) is 19.4 Å². The first-order valence-electron chi connectivity index (χ1n) is 6.62. The molecule has 0 radical (unpaired) electrons. The average Bonchev–Trinajstić information content (AvgIpc) is 2.87. The molecule has 2 aromatic rings. The Kier molecular flexibility index (Phi) is 4.56. The van der Waals surface area contributed by atoms with E-state index in [1.807, 2.05) is 18.4 Å². The predicted octanol–water partition coefficient (Wildman–Crippen LogP) is 4.26. The molecule has 2 rings (SSSR count). The Bertz CT molecular complexity index is 514. The van der Waals surface area contributed by atoms with E-state index in [0.717, 1.165) is 19.4 Å². The second-order valence-corrected chi connectivity index (χ2v) is 5.46. The second-order valence-electron chi connectivity index (χ2n) is 4.55. The molecule has 2 heteroatoms.